The van der Waals surface area contributed by atoms with Gasteiger partial charge in [0, 0.05) is 35.0 Å². The van der Waals surface area contributed by atoms with E-state index in [-0.39, 0.29) is 41.0 Å². The van der Waals surface area contributed by atoms with Crippen LogP contribution < -0.4 is 21.5 Å². The molecule has 2 aliphatic carbocycles. The van der Waals surface area contributed by atoms with Crippen LogP contribution in [0.15, 0.2) is 58.7 Å². The Morgan fingerprint density at radius 2 is 1.00 bits per heavy atom. The summed E-state index contributed by atoms with van der Waals surface area (Å²) in [7, 11) is 0. The van der Waals surface area contributed by atoms with Gasteiger partial charge in [-0.2, -0.15) is 27.8 Å². The van der Waals surface area contributed by atoms with E-state index in [1.54, 1.807) is 24.3 Å². The average molecular weight is 577 g/mol. The Morgan fingerprint density at radius 3 is 1.32 bits per heavy atom. The van der Waals surface area contributed by atoms with Crippen LogP contribution >= 0.6 is 0 Å². The van der Waals surface area contributed by atoms with Gasteiger partial charge in [-0.05, 0) is 48.2 Å². The second kappa shape index (κ2) is 11.8. The van der Waals surface area contributed by atoms with Crippen LogP contribution in [0.2, 0.25) is 0 Å². The molecule has 6 N–H and O–H groups in total. The maximum Gasteiger partial charge on any atom is 0.315 e. The van der Waals surface area contributed by atoms with E-state index in [1.165, 1.54) is 24.3 Å². The van der Waals surface area contributed by atoms with Gasteiger partial charge in [-0.1, -0.05) is 24.3 Å². The molecule has 11 nitrogen and oxygen atoms in total. The van der Waals surface area contributed by atoms with Gasteiger partial charge in [0.1, 0.15) is 0 Å². The summed E-state index contributed by atoms with van der Waals surface area (Å²) < 4.78 is 48.4. The number of alkyl halides is 4. The van der Waals surface area contributed by atoms with E-state index in [0.717, 1.165) is 35.4 Å². The molecule has 2 aliphatic heterocycles. The summed E-state index contributed by atoms with van der Waals surface area (Å²) in [5.74, 6) is -2.49. The summed E-state index contributed by atoms with van der Waals surface area (Å²) in [6, 6.07) is 12.9. The van der Waals surface area contributed by atoms with Crippen molar-refractivity contribution in [1.82, 2.24) is 10.9 Å². The number of benzene rings is 2. The summed E-state index contributed by atoms with van der Waals surface area (Å²) in [6.07, 6.45) is -4.51. The smallest absolute Gasteiger partial charge is 0.315 e. The number of carbonyl (C=O) groups is 4. The molecule has 4 amide bonds. The highest BCUT2D eigenvalue weighted by Gasteiger charge is 2.50. The summed E-state index contributed by atoms with van der Waals surface area (Å²) >= 11 is 0. The number of halogens is 4. The van der Waals surface area contributed by atoms with E-state index in [4.69, 9.17) is 0 Å². The molecule has 6 rings (SSSR count). The zero-order chi connectivity index (χ0) is 28.6. The molecule has 4 atom stereocenters. The van der Waals surface area contributed by atoms with Crippen molar-refractivity contribution in [3.63, 3.8) is 0 Å². The van der Waals surface area contributed by atoms with Gasteiger partial charge in [-0.3, -0.25) is 19.2 Å². The van der Waals surface area contributed by atoms with Crippen LogP contribution in [0.5, 0.6) is 0 Å². The van der Waals surface area contributed by atoms with Gasteiger partial charge in [0.25, 0.3) is 11.8 Å². The van der Waals surface area contributed by atoms with Crippen LogP contribution in [0.3, 0.4) is 0 Å². The third-order valence-corrected chi connectivity index (χ3v) is 6.82. The number of amides is 4. The van der Waals surface area contributed by atoms with Gasteiger partial charge in [0.15, 0.2) is 0 Å². The first-order valence-corrected chi connectivity index (χ1v) is 12.3. The normalized spacial score (nSPS) is 23.2. The molecule has 0 radical (unpaired) electrons. The van der Waals surface area contributed by atoms with Crippen molar-refractivity contribution < 1.29 is 42.2 Å². The van der Waals surface area contributed by atoms with E-state index >= 15 is 0 Å². The van der Waals surface area contributed by atoms with Gasteiger partial charge in [0.2, 0.25) is 11.8 Å². The Morgan fingerprint density at radius 1 is 0.659 bits per heavy atom. The van der Waals surface area contributed by atoms with Gasteiger partial charge < -0.3 is 16.1 Å². The monoisotopic (exact) mass is 576 g/mol. The number of hydrogen-bond acceptors (Lipinski definition) is 6. The molecule has 4 unspecified atom stereocenters. The first-order valence-electron chi connectivity index (χ1n) is 12.3. The van der Waals surface area contributed by atoms with Crippen molar-refractivity contribution >= 4 is 46.4 Å². The fourth-order valence-corrected chi connectivity index (χ4v) is 4.54. The van der Waals surface area contributed by atoms with E-state index in [9.17, 15) is 36.7 Å². The highest BCUT2D eigenvalue weighted by Crippen LogP contribution is 2.44. The summed E-state index contributed by atoms with van der Waals surface area (Å²) in [5.41, 5.74) is 8.73. The summed E-state index contributed by atoms with van der Waals surface area (Å²) in [5, 5.41) is 12.3. The number of rotatable bonds is 6. The number of anilines is 2. The molecule has 2 heterocycles. The minimum atomic E-state index is -3.04. The van der Waals surface area contributed by atoms with Crippen molar-refractivity contribution in [3.05, 3.63) is 59.7 Å². The number of fused-ring (bicyclic) bond motifs is 2. The standard InChI is InChI=1S/2C13H11F2N3O2.H2O/c2*14-11(15)13(20)16-7-3-1-6(2-4-7)10-8-5-9(8)12(19)18-17-10;/h2*1-4,8-9,11H,5H2,(H,16,20)(H,18,19);1H2. The van der Waals surface area contributed by atoms with Crippen LogP contribution in [-0.4, -0.2) is 53.4 Å². The SMILES string of the molecule is O.O=C(Nc1ccc(C2=NNC(=O)C3CC23)cc1)C(F)F.O=C(Nc1ccc(C2=NNC(=O)C3CC23)cc1)C(F)F. The number of hydrogen-bond donors (Lipinski definition) is 4. The van der Waals surface area contributed by atoms with Crippen molar-refractivity contribution in [2.45, 2.75) is 25.7 Å². The van der Waals surface area contributed by atoms with Crippen LogP contribution in [0.1, 0.15) is 24.0 Å². The Hall–Kier alpha value is -4.66. The number of nitrogens with one attached hydrogen (secondary N) is 4. The molecule has 0 saturated heterocycles. The van der Waals surface area contributed by atoms with E-state index < -0.39 is 24.7 Å². The molecule has 15 heteroatoms. The maximum absolute atomic E-state index is 12.1. The molecule has 4 aliphatic rings. The minimum absolute atomic E-state index is 0. The Labute approximate surface area is 229 Å². The van der Waals surface area contributed by atoms with E-state index in [2.05, 4.69) is 31.7 Å². The van der Waals surface area contributed by atoms with Crippen LogP contribution in [-0.2, 0) is 19.2 Å². The summed E-state index contributed by atoms with van der Waals surface area (Å²) in [4.78, 5) is 44.4. The van der Waals surface area contributed by atoms with Gasteiger partial charge in [0.05, 0.1) is 11.4 Å². The predicted octanol–water partition coefficient (Wildman–Crippen LogP) is 1.90. The number of nitrogens with zero attached hydrogens (tertiary/aromatic N) is 2. The van der Waals surface area contributed by atoms with Gasteiger partial charge in [-0.25, -0.2) is 10.9 Å². The zero-order valence-electron chi connectivity index (χ0n) is 21.0. The number of carbonyl (C=O) groups excluding carboxylic acids is 4. The van der Waals surface area contributed by atoms with E-state index in [1.807, 2.05) is 0 Å². The lowest BCUT2D eigenvalue weighted by atomic mass is 10.0. The Bertz CT molecular complexity index is 1310. The fourth-order valence-electron chi connectivity index (χ4n) is 4.54. The van der Waals surface area contributed by atoms with Crippen molar-refractivity contribution in [3.8, 4) is 0 Å². The lowest BCUT2D eigenvalue weighted by Gasteiger charge is -2.12. The molecular weight excluding hydrogens is 552 g/mol. The third-order valence-electron chi connectivity index (χ3n) is 6.82. The topological polar surface area (TPSA) is 173 Å². The highest BCUT2D eigenvalue weighted by atomic mass is 19.3. The van der Waals surface area contributed by atoms with E-state index in [0.29, 0.717) is 11.4 Å². The van der Waals surface area contributed by atoms with Crippen molar-refractivity contribution in [1.29, 1.82) is 0 Å². The molecule has 2 aromatic rings. The molecule has 2 aromatic carbocycles. The molecule has 41 heavy (non-hydrogen) atoms. The minimum Gasteiger partial charge on any atom is -0.412 e. The fraction of sp³-hybridized carbons (Fsp3) is 0.308. The van der Waals surface area contributed by atoms with Gasteiger partial charge in [-0.15, -0.1) is 0 Å². The Kier molecular flexibility index (Phi) is 8.47. The first-order chi connectivity index (χ1) is 19.1. The van der Waals surface area contributed by atoms with Crippen molar-refractivity contribution in [2.75, 3.05) is 10.6 Å². The quantitative estimate of drug-likeness (QED) is 0.385. The van der Waals surface area contributed by atoms with Crippen LogP contribution in [0.25, 0.3) is 0 Å². The third kappa shape index (κ3) is 6.57. The first kappa shape index (κ1) is 29.3. The molecule has 2 fully saturated rings. The lowest BCUT2D eigenvalue weighted by Crippen LogP contribution is -2.28. The van der Waals surface area contributed by atoms with Crippen LogP contribution in [0, 0.1) is 23.7 Å². The molecule has 0 aromatic heterocycles. The lowest BCUT2D eigenvalue weighted by molar-refractivity contribution is -0.126. The van der Waals surface area contributed by atoms with Crippen LogP contribution in [0.4, 0.5) is 28.9 Å². The summed E-state index contributed by atoms with van der Waals surface area (Å²) in [6.45, 7) is 0. The second-order valence-corrected chi connectivity index (χ2v) is 9.58. The largest absolute Gasteiger partial charge is 0.412 e. The average Bonchev–Trinajstić information content (AvgIpc) is 3.85. The molecule has 216 valence electrons. The molecular formula is C26H24F4N6O5. The molecule has 0 bridgehead atoms. The predicted molar refractivity (Wildman–Crippen MR) is 138 cm³/mol. The Balaban J connectivity index is 0.000000184. The maximum atomic E-state index is 12.1. The highest BCUT2D eigenvalue weighted by molar-refractivity contribution is 6.10. The van der Waals surface area contributed by atoms with Gasteiger partial charge >= 0.3 is 12.9 Å². The number of hydrazone groups is 2. The van der Waals surface area contributed by atoms with Crippen molar-refractivity contribution in [2.24, 2.45) is 33.9 Å². The zero-order valence-corrected chi connectivity index (χ0v) is 21.0. The molecule has 0 spiro atoms. The second-order valence-electron chi connectivity index (χ2n) is 9.58. The molecule has 2 saturated carbocycles.